The summed E-state index contributed by atoms with van der Waals surface area (Å²) in [5, 5.41) is 2.96. The Hall–Kier alpha value is -0.610. The number of carbonyl (C=O) groups is 1. The van der Waals surface area contributed by atoms with Crippen molar-refractivity contribution in [2.24, 2.45) is 5.41 Å². The average molecular weight is 269 g/mol. The summed E-state index contributed by atoms with van der Waals surface area (Å²) >= 11 is 0. The predicted octanol–water partition coefficient (Wildman–Crippen LogP) is 2.61. The maximum atomic E-state index is 11.8. The van der Waals surface area contributed by atoms with Gasteiger partial charge in [0.15, 0.2) is 5.79 Å². The van der Waals surface area contributed by atoms with Gasteiger partial charge in [0.05, 0.1) is 6.61 Å². The van der Waals surface area contributed by atoms with Crippen molar-refractivity contribution < 1.29 is 14.3 Å². The maximum absolute atomic E-state index is 11.8. The number of nitrogens with one attached hydrogen (secondary N) is 1. The first kappa shape index (κ1) is 14.8. The third-order valence-corrected chi connectivity index (χ3v) is 3.75. The van der Waals surface area contributed by atoms with Gasteiger partial charge in [0.2, 0.25) is 5.91 Å². The fourth-order valence-electron chi connectivity index (χ4n) is 2.84. The van der Waals surface area contributed by atoms with Crippen molar-refractivity contribution in [3.8, 4) is 0 Å². The summed E-state index contributed by atoms with van der Waals surface area (Å²) in [5.41, 5.74) is 0.0295. The molecule has 0 unspecified atom stereocenters. The molecular weight excluding hydrogens is 242 g/mol. The van der Waals surface area contributed by atoms with Crippen LogP contribution >= 0.6 is 0 Å². The van der Waals surface area contributed by atoms with Crippen LogP contribution in [0, 0.1) is 5.41 Å². The van der Waals surface area contributed by atoms with E-state index in [-0.39, 0.29) is 23.2 Å². The molecule has 2 aliphatic rings. The highest BCUT2D eigenvalue weighted by molar-refractivity contribution is 5.76. The predicted molar refractivity (Wildman–Crippen MR) is 73.7 cm³/mol. The molecule has 4 nitrogen and oxygen atoms in total. The topological polar surface area (TPSA) is 47.6 Å². The van der Waals surface area contributed by atoms with Crippen molar-refractivity contribution in [2.45, 2.75) is 71.2 Å². The van der Waals surface area contributed by atoms with Crippen LogP contribution in [0.4, 0.5) is 0 Å². The SMILES string of the molecule is CC(C)(C)CC(=O)NC[C@@H]1COC2(CCCCC2)O1. The smallest absolute Gasteiger partial charge is 0.220 e. The van der Waals surface area contributed by atoms with Gasteiger partial charge < -0.3 is 14.8 Å². The average Bonchev–Trinajstić information content (AvgIpc) is 2.69. The van der Waals surface area contributed by atoms with Gasteiger partial charge in [-0.05, 0) is 18.3 Å². The molecule has 0 aromatic rings. The van der Waals surface area contributed by atoms with Crippen LogP contribution in [0.1, 0.15) is 59.3 Å². The maximum Gasteiger partial charge on any atom is 0.220 e. The largest absolute Gasteiger partial charge is 0.353 e. The third-order valence-electron chi connectivity index (χ3n) is 3.75. The Bertz CT molecular complexity index is 316. The Labute approximate surface area is 116 Å². The summed E-state index contributed by atoms with van der Waals surface area (Å²) in [7, 11) is 0. The zero-order valence-corrected chi connectivity index (χ0v) is 12.5. The molecule has 4 heteroatoms. The first-order chi connectivity index (χ1) is 8.89. The molecule has 1 spiro atoms. The highest BCUT2D eigenvalue weighted by Crippen LogP contribution is 2.37. The van der Waals surface area contributed by atoms with Crippen LogP contribution in [-0.2, 0) is 14.3 Å². The summed E-state index contributed by atoms with van der Waals surface area (Å²) in [6.07, 6.45) is 6.21. The fraction of sp³-hybridized carbons (Fsp3) is 0.933. The van der Waals surface area contributed by atoms with Crippen molar-refractivity contribution in [1.29, 1.82) is 0 Å². The van der Waals surface area contributed by atoms with E-state index in [1.807, 2.05) is 0 Å². The second-order valence-electron chi connectivity index (χ2n) is 7.06. The normalized spacial score (nSPS) is 26.6. The molecule has 1 heterocycles. The van der Waals surface area contributed by atoms with Crippen molar-refractivity contribution in [3.63, 3.8) is 0 Å². The highest BCUT2D eigenvalue weighted by atomic mass is 16.7. The van der Waals surface area contributed by atoms with E-state index in [1.165, 1.54) is 19.3 Å². The number of hydrogen-bond donors (Lipinski definition) is 1. The second kappa shape index (κ2) is 5.80. The quantitative estimate of drug-likeness (QED) is 0.856. The van der Waals surface area contributed by atoms with E-state index in [1.54, 1.807) is 0 Å². The lowest BCUT2D eigenvalue weighted by molar-refractivity contribution is -0.186. The molecular formula is C15H27NO3. The van der Waals surface area contributed by atoms with E-state index in [0.717, 1.165) is 12.8 Å². The minimum Gasteiger partial charge on any atom is -0.353 e. The van der Waals surface area contributed by atoms with Gasteiger partial charge in [-0.3, -0.25) is 4.79 Å². The minimum absolute atomic E-state index is 0.0158. The van der Waals surface area contributed by atoms with Gasteiger partial charge in [0.25, 0.3) is 0 Å². The molecule has 1 atom stereocenters. The van der Waals surface area contributed by atoms with Crippen LogP contribution < -0.4 is 5.32 Å². The lowest BCUT2D eigenvalue weighted by atomic mass is 9.92. The van der Waals surface area contributed by atoms with Crippen molar-refractivity contribution in [1.82, 2.24) is 5.32 Å². The Morgan fingerprint density at radius 1 is 1.26 bits per heavy atom. The molecule has 1 saturated heterocycles. The van der Waals surface area contributed by atoms with Gasteiger partial charge >= 0.3 is 0 Å². The molecule has 0 bridgehead atoms. The van der Waals surface area contributed by atoms with Crippen LogP contribution in [-0.4, -0.2) is 30.9 Å². The van der Waals surface area contributed by atoms with Gasteiger partial charge in [-0.1, -0.05) is 27.2 Å². The van der Waals surface area contributed by atoms with Gasteiger partial charge in [-0.25, -0.2) is 0 Å². The Kier molecular flexibility index (Phi) is 4.51. The number of amides is 1. The number of ether oxygens (including phenoxy) is 2. The monoisotopic (exact) mass is 269 g/mol. The molecule has 19 heavy (non-hydrogen) atoms. The lowest BCUT2D eigenvalue weighted by Crippen LogP contribution is -2.38. The van der Waals surface area contributed by atoms with Gasteiger partial charge in [0.1, 0.15) is 6.10 Å². The van der Waals surface area contributed by atoms with E-state index in [9.17, 15) is 4.79 Å². The molecule has 1 saturated carbocycles. The molecule has 0 radical (unpaired) electrons. The Balaban J connectivity index is 1.72. The molecule has 2 fully saturated rings. The summed E-state index contributed by atoms with van der Waals surface area (Å²) in [6.45, 7) is 7.38. The summed E-state index contributed by atoms with van der Waals surface area (Å²) < 4.78 is 11.9. The number of carbonyl (C=O) groups excluding carboxylic acids is 1. The summed E-state index contributed by atoms with van der Waals surface area (Å²) in [4.78, 5) is 11.8. The van der Waals surface area contributed by atoms with E-state index < -0.39 is 0 Å². The second-order valence-corrected chi connectivity index (χ2v) is 7.06. The molecule has 1 aliphatic heterocycles. The van der Waals surface area contributed by atoms with E-state index >= 15 is 0 Å². The highest BCUT2D eigenvalue weighted by Gasteiger charge is 2.42. The molecule has 1 amide bonds. The molecule has 2 rings (SSSR count). The Morgan fingerprint density at radius 3 is 2.58 bits per heavy atom. The van der Waals surface area contributed by atoms with Crippen molar-refractivity contribution >= 4 is 5.91 Å². The van der Waals surface area contributed by atoms with Crippen molar-refractivity contribution in [3.05, 3.63) is 0 Å². The first-order valence-corrected chi connectivity index (χ1v) is 7.47. The lowest BCUT2D eigenvalue weighted by Gasteiger charge is -2.31. The van der Waals surface area contributed by atoms with Crippen LogP contribution in [0.2, 0.25) is 0 Å². The number of hydrogen-bond acceptors (Lipinski definition) is 3. The zero-order chi connectivity index (χ0) is 13.9. The summed E-state index contributed by atoms with van der Waals surface area (Å²) in [6, 6.07) is 0. The number of rotatable bonds is 3. The van der Waals surface area contributed by atoms with E-state index in [0.29, 0.717) is 19.6 Å². The molecule has 1 aliphatic carbocycles. The van der Waals surface area contributed by atoms with Gasteiger partial charge in [-0.15, -0.1) is 0 Å². The fourth-order valence-corrected chi connectivity index (χ4v) is 2.84. The molecule has 0 aromatic heterocycles. The minimum atomic E-state index is -0.336. The van der Waals surface area contributed by atoms with Gasteiger partial charge in [-0.2, -0.15) is 0 Å². The molecule has 110 valence electrons. The van der Waals surface area contributed by atoms with Crippen LogP contribution in [0.25, 0.3) is 0 Å². The van der Waals surface area contributed by atoms with Crippen LogP contribution in [0.3, 0.4) is 0 Å². The van der Waals surface area contributed by atoms with Crippen LogP contribution in [0.15, 0.2) is 0 Å². The Morgan fingerprint density at radius 2 is 1.95 bits per heavy atom. The first-order valence-electron chi connectivity index (χ1n) is 7.47. The molecule has 1 N–H and O–H groups in total. The summed E-state index contributed by atoms with van der Waals surface area (Å²) in [5.74, 6) is -0.238. The van der Waals surface area contributed by atoms with Crippen LogP contribution in [0.5, 0.6) is 0 Å². The third kappa shape index (κ3) is 4.46. The van der Waals surface area contributed by atoms with E-state index in [4.69, 9.17) is 9.47 Å². The van der Waals surface area contributed by atoms with E-state index in [2.05, 4.69) is 26.1 Å². The molecule has 0 aromatic carbocycles. The van der Waals surface area contributed by atoms with Crippen molar-refractivity contribution in [2.75, 3.05) is 13.2 Å². The zero-order valence-electron chi connectivity index (χ0n) is 12.5. The van der Waals surface area contributed by atoms with Gasteiger partial charge in [0, 0.05) is 25.8 Å². The standard InChI is InChI=1S/C15H27NO3/c1-14(2,3)9-13(17)16-10-12-11-18-15(19-12)7-5-4-6-8-15/h12H,4-11H2,1-3H3,(H,16,17)/t12-/m1/s1.